The Morgan fingerprint density at radius 2 is 1.94 bits per heavy atom. The molecule has 1 unspecified atom stereocenters. The zero-order valence-electron chi connectivity index (χ0n) is 10.2. The number of amides is 1. The number of anilines is 2. The van der Waals surface area contributed by atoms with Crippen molar-refractivity contribution in [3.63, 3.8) is 0 Å². The van der Waals surface area contributed by atoms with Crippen molar-refractivity contribution >= 4 is 17.5 Å². The molecule has 94 valence electrons. The van der Waals surface area contributed by atoms with Crippen LogP contribution in [0.5, 0.6) is 0 Å². The number of primary amides is 1. The summed E-state index contributed by atoms with van der Waals surface area (Å²) in [5.41, 5.74) is 8.52. The van der Waals surface area contributed by atoms with E-state index in [9.17, 15) is 4.79 Å². The number of nitrogens with zero attached hydrogens (tertiary/aromatic N) is 2. The number of rotatable bonds is 5. The first-order chi connectivity index (χ1) is 7.97. The molecule has 1 rings (SSSR count). The Labute approximate surface area is 100.0 Å². The SMILES string of the molecule is Cc1c(NN)ncnc1NC(C(N)=O)C(C)C. The van der Waals surface area contributed by atoms with E-state index in [-0.39, 0.29) is 5.92 Å². The zero-order valence-corrected chi connectivity index (χ0v) is 10.2. The number of aromatic nitrogens is 2. The van der Waals surface area contributed by atoms with E-state index in [1.165, 1.54) is 6.33 Å². The lowest BCUT2D eigenvalue weighted by molar-refractivity contribution is -0.119. The van der Waals surface area contributed by atoms with E-state index in [2.05, 4.69) is 20.7 Å². The number of nitrogen functional groups attached to an aromatic ring is 1. The molecule has 1 aromatic rings. The molecule has 0 fully saturated rings. The van der Waals surface area contributed by atoms with E-state index in [1.54, 1.807) is 6.92 Å². The number of nitrogens with one attached hydrogen (secondary N) is 2. The third-order valence-electron chi connectivity index (χ3n) is 2.49. The van der Waals surface area contributed by atoms with Crippen molar-refractivity contribution in [2.45, 2.75) is 26.8 Å². The summed E-state index contributed by atoms with van der Waals surface area (Å²) >= 11 is 0. The Morgan fingerprint density at radius 1 is 1.35 bits per heavy atom. The minimum atomic E-state index is -0.478. The van der Waals surface area contributed by atoms with Gasteiger partial charge >= 0.3 is 0 Å². The number of nitrogens with two attached hydrogens (primary N) is 2. The van der Waals surface area contributed by atoms with E-state index in [1.807, 2.05) is 13.8 Å². The highest BCUT2D eigenvalue weighted by Crippen LogP contribution is 2.19. The molecule has 0 spiro atoms. The van der Waals surface area contributed by atoms with Crippen molar-refractivity contribution < 1.29 is 4.79 Å². The lowest BCUT2D eigenvalue weighted by atomic mass is 10.0. The smallest absolute Gasteiger partial charge is 0.240 e. The molecule has 7 heteroatoms. The van der Waals surface area contributed by atoms with Crippen molar-refractivity contribution in [3.05, 3.63) is 11.9 Å². The molecule has 0 saturated carbocycles. The minimum absolute atomic E-state index is 0.0659. The third-order valence-corrected chi connectivity index (χ3v) is 2.49. The Hall–Kier alpha value is -1.89. The maximum absolute atomic E-state index is 11.3. The molecule has 7 nitrogen and oxygen atoms in total. The number of hydrazine groups is 1. The molecular formula is C10H18N6O. The molecule has 0 aromatic carbocycles. The number of carbonyl (C=O) groups excluding carboxylic acids is 1. The molecule has 1 amide bonds. The predicted octanol–water partition coefficient (Wildman–Crippen LogP) is -0.00758. The number of hydrogen-bond donors (Lipinski definition) is 4. The van der Waals surface area contributed by atoms with Crippen LogP contribution in [-0.2, 0) is 4.79 Å². The van der Waals surface area contributed by atoms with E-state index in [4.69, 9.17) is 11.6 Å². The topological polar surface area (TPSA) is 119 Å². The molecule has 0 saturated heterocycles. The maximum atomic E-state index is 11.3. The van der Waals surface area contributed by atoms with Gasteiger partial charge in [0.15, 0.2) is 0 Å². The van der Waals surface area contributed by atoms with Crippen LogP contribution in [0, 0.1) is 12.8 Å². The summed E-state index contributed by atoms with van der Waals surface area (Å²) in [5, 5.41) is 3.00. The van der Waals surface area contributed by atoms with Gasteiger partial charge in [0.2, 0.25) is 5.91 Å². The van der Waals surface area contributed by atoms with Gasteiger partial charge in [-0.1, -0.05) is 13.8 Å². The van der Waals surface area contributed by atoms with Gasteiger partial charge in [-0.05, 0) is 12.8 Å². The first-order valence-corrected chi connectivity index (χ1v) is 5.31. The van der Waals surface area contributed by atoms with Crippen molar-refractivity contribution in [2.24, 2.45) is 17.5 Å². The van der Waals surface area contributed by atoms with Crippen LogP contribution in [-0.4, -0.2) is 21.9 Å². The second kappa shape index (κ2) is 5.44. The van der Waals surface area contributed by atoms with Crippen LogP contribution in [0.1, 0.15) is 19.4 Å². The summed E-state index contributed by atoms with van der Waals surface area (Å²) < 4.78 is 0. The van der Waals surface area contributed by atoms with Gasteiger partial charge in [0, 0.05) is 5.56 Å². The number of carbonyl (C=O) groups is 1. The monoisotopic (exact) mass is 238 g/mol. The molecule has 6 N–H and O–H groups in total. The molecule has 17 heavy (non-hydrogen) atoms. The summed E-state index contributed by atoms with van der Waals surface area (Å²) in [4.78, 5) is 19.3. The molecule has 0 bridgehead atoms. The van der Waals surface area contributed by atoms with Crippen LogP contribution < -0.4 is 22.3 Å². The van der Waals surface area contributed by atoms with Gasteiger partial charge in [-0.15, -0.1) is 0 Å². The summed E-state index contributed by atoms with van der Waals surface area (Å²) in [6, 6.07) is -0.478. The Kier molecular flexibility index (Phi) is 4.22. The zero-order chi connectivity index (χ0) is 13.0. The fourth-order valence-electron chi connectivity index (χ4n) is 1.45. The normalized spacial score (nSPS) is 12.3. The third kappa shape index (κ3) is 3.04. The van der Waals surface area contributed by atoms with E-state index in [0.29, 0.717) is 11.6 Å². The largest absolute Gasteiger partial charge is 0.368 e. The molecule has 1 atom stereocenters. The van der Waals surface area contributed by atoms with Gasteiger partial charge in [-0.2, -0.15) is 0 Å². The van der Waals surface area contributed by atoms with Crippen LogP contribution in [0.2, 0.25) is 0 Å². The summed E-state index contributed by atoms with van der Waals surface area (Å²) in [5.74, 6) is 6.02. The van der Waals surface area contributed by atoms with Crippen molar-refractivity contribution in [1.82, 2.24) is 9.97 Å². The lowest BCUT2D eigenvalue weighted by Gasteiger charge is -2.20. The van der Waals surface area contributed by atoms with Crippen molar-refractivity contribution in [3.8, 4) is 0 Å². The van der Waals surface area contributed by atoms with E-state index >= 15 is 0 Å². The molecule has 1 aromatic heterocycles. The highest BCUT2D eigenvalue weighted by atomic mass is 16.1. The molecule has 1 heterocycles. The first-order valence-electron chi connectivity index (χ1n) is 5.31. The lowest BCUT2D eigenvalue weighted by Crippen LogP contribution is -2.40. The van der Waals surface area contributed by atoms with Gasteiger partial charge in [-0.3, -0.25) is 4.79 Å². The first kappa shape index (κ1) is 13.2. The maximum Gasteiger partial charge on any atom is 0.240 e. The summed E-state index contributed by atoms with van der Waals surface area (Å²) in [6.07, 6.45) is 1.36. The molecule has 0 aliphatic carbocycles. The van der Waals surface area contributed by atoms with Gasteiger partial charge in [0.25, 0.3) is 0 Å². The second-order valence-electron chi connectivity index (χ2n) is 4.11. The molecule has 0 aliphatic heterocycles. The molecule has 0 radical (unpaired) electrons. The average Bonchev–Trinajstić information content (AvgIpc) is 2.26. The van der Waals surface area contributed by atoms with Gasteiger partial charge in [-0.25, -0.2) is 15.8 Å². The van der Waals surface area contributed by atoms with E-state index in [0.717, 1.165) is 5.56 Å². The van der Waals surface area contributed by atoms with E-state index < -0.39 is 11.9 Å². The Bertz CT molecular complexity index is 406. The van der Waals surface area contributed by atoms with Crippen LogP contribution in [0.4, 0.5) is 11.6 Å². The highest BCUT2D eigenvalue weighted by molar-refractivity contribution is 5.83. The minimum Gasteiger partial charge on any atom is -0.368 e. The van der Waals surface area contributed by atoms with Crippen LogP contribution in [0.15, 0.2) is 6.33 Å². The second-order valence-corrected chi connectivity index (χ2v) is 4.11. The predicted molar refractivity (Wildman–Crippen MR) is 66.0 cm³/mol. The van der Waals surface area contributed by atoms with Crippen molar-refractivity contribution in [2.75, 3.05) is 10.7 Å². The Morgan fingerprint density at radius 3 is 2.41 bits per heavy atom. The highest BCUT2D eigenvalue weighted by Gasteiger charge is 2.20. The summed E-state index contributed by atoms with van der Waals surface area (Å²) in [6.45, 7) is 5.61. The van der Waals surface area contributed by atoms with Gasteiger partial charge in [0.1, 0.15) is 24.0 Å². The molecular weight excluding hydrogens is 220 g/mol. The van der Waals surface area contributed by atoms with Crippen LogP contribution in [0.25, 0.3) is 0 Å². The standard InChI is InChI=1S/C10H18N6O/c1-5(2)7(8(11)17)15-9-6(3)10(16-12)14-4-13-9/h4-5,7H,12H2,1-3H3,(H2,11,17)(H2,13,14,15,16). The number of hydrogen-bond acceptors (Lipinski definition) is 6. The van der Waals surface area contributed by atoms with Crippen molar-refractivity contribution in [1.29, 1.82) is 0 Å². The van der Waals surface area contributed by atoms with Gasteiger partial charge < -0.3 is 16.5 Å². The fraction of sp³-hybridized carbons (Fsp3) is 0.500. The van der Waals surface area contributed by atoms with Crippen LogP contribution in [0.3, 0.4) is 0 Å². The molecule has 0 aliphatic rings. The average molecular weight is 238 g/mol. The summed E-state index contributed by atoms with van der Waals surface area (Å²) in [7, 11) is 0. The Balaban J connectivity index is 2.97. The quantitative estimate of drug-likeness (QED) is 0.423. The van der Waals surface area contributed by atoms with Gasteiger partial charge in [0.05, 0.1) is 0 Å². The van der Waals surface area contributed by atoms with Crippen LogP contribution >= 0.6 is 0 Å². The fourth-order valence-corrected chi connectivity index (χ4v) is 1.45.